The average Bonchev–Trinajstić information content (AvgIpc) is 2.76. The summed E-state index contributed by atoms with van der Waals surface area (Å²) in [6.45, 7) is 8.55. The number of fused-ring (bicyclic) bond motifs is 2. The molecule has 5 rings (SSSR count). The van der Waals surface area contributed by atoms with Gasteiger partial charge in [0, 0.05) is 22.1 Å². The molecule has 5 aromatic rings. The van der Waals surface area contributed by atoms with Gasteiger partial charge in [-0.25, -0.2) is 4.98 Å². The fourth-order valence-corrected chi connectivity index (χ4v) is 4.18. The van der Waals surface area contributed by atoms with Crippen molar-refractivity contribution in [2.45, 2.75) is 27.7 Å². The summed E-state index contributed by atoms with van der Waals surface area (Å²) in [4.78, 5) is 7.37. The fourth-order valence-electron chi connectivity index (χ4n) is 4.18. The molecule has 0 saturated carbocycles. The number of hydrogen-bond acceptors (Lipinski definition) is 2. The molecule has 0 aliphatic carbocycles. The van der Waals surface area contributed by atoms with Crippen molar-refractivity contribution >= 4 is 38.9 Å². The van der Waals surface area contributed by atoms with Crippen LogP contribution < -0.4 is 4.90 Å². The van der Waals surface area contributed by atoms with E-state index in [1.165, 1.54) is 38.7 Å². The second-order valence-corrected chi connectivity index (χ2v) is 8.51. The highest BCUT2D eigenvalue weighted by atomic mass is 15.1. The minimum absolute atomic E-state index is 1.01. The molecule has 0 atom stereocenters. The highest BCUT2D eigenvalue weighted by Gasteiger charge is 2.19. The number of anilines is 3. The third kappa shape index (κ3) is 3.55. The monoisotopic (exact) mass is 402 g/mol. The van der Waals surface area contributed by atoms with Crippen LogP contribution in [0.4, 0.5) is 17.1 Å². The zero-order chi connectivity index (χ0) is 21.5. The first-order chi connectivity index (χ1) is 15.0. The van der Waals surface area contributed by atoms with Gasteiger partial charge < -0.3 is 4.90 Å². The Morgan fingerprint density at radius 2 is 0.871 bits per heavy atom. The second kappa shape index (κ2) is 7.55. The average molecular weight is 403 g/mol. The summed E-state index contributed by atoms with van der Waals surface area (Å²) in [5.74, 6) is 0. The molecule has 2 heteroatoms. The molecular formula is C29H26N2. The van der Waals surface area contributed by atoms with E-state index in [1.807, 2.05) is 0 Å². The van der Waals surface area contributed by atoms with E-state index < -0.39 is 0 Å². The van der Waals surface area contributed by atoms with Gasteiger partial charge in [-0.15, -0.1) is 0 Å². The first-order valence-electron chi connectivity index (χ1n) is 10.7. The molecule has 2 nitrogen and oxygen atoms in total. The molecule has 1 aromatic heterocycles. The molecule has 0 fully saturated rings. The van der Waals surface area contributed by atoms with Crippen LogP contribution in [0.1, 0.15) is 22.3 Å². The smallest absolute Gasteiger partial charge is 0.0731 e. The Kier molecular flexibility index (Phi) is 4.71. The van der Waals surface area contributed by atoms with E-state index in [-0.39, 0.29) is 0 Å². The number of rotatable bonds is 3. The summed E-state index contributed by atoms with van der Waals surface area (Å²) in [6.07, 6.45) is 0. The quantitative estimate of drug-likeness (QED) is 0.283. The van der Waals surface area contributed by atoms with Crippen molar-refractivity contribution in [3.63, 3.8) is 0 Å². The Bertz CT molecular complexity index is 1290. The lowest BCUT2D eigenvalue weighted by Gasteiger charge is -2.28. The van der Waals surface area contributed by atoms with Crippen molar-refractivity contribution in [3.05, 3.63) is 107 Å². The van der Waals surface area contributed by atoms with E-state index >= 15 is 0 Å². The van der Waals surface area contributed by atoms with Crippen molar-refractivity contribution in [1.82, 2.24) is 4.98 Å². The largest absolute Gasteiger partial charge is 0.309 e. The van der Waals surface area contributed by atoms with Crippen LogP contribution >= 0.6 is 0 Å². The van der Waals surface area contributed by atoms with Crippen LogP contribution in [0, 0.1) is 27.7 Å². The Labute approximate surface area is 183 Å². The van der Waals surface area contributed by atoms with Gasteiger partial charge in [0.05, 0.1) is 16.7 Å². The van der Waals surface area contributed by atoms with E-state index in [0.717, 1.165) is 22.4 Å². The maximum Gasteiger partial charge on any atom is 0.0731 e. The number of hydrogen-bond donors (Lipinski definition) is 0. The van der Waals surface area contributed by atoms with Gasteiger partial charge >= 0.3 is 0 Å². The molecule has 1 heterocycles. The van der Waals surface area contributed by atoms with Crippen molar-refractivity contribution in [3.8, 4) is 0 Å². The number of nitrogens with zero attached hydrogens (tertiary/aromatic N) is 2. The van der Waals surface area contributed by atoms with Crippen LogP contribution in [0.15, 0.2) is 84.9 Å². The SMILES string of the molecule is Cc1ccc(N(c2ccc(C)cc2)c2c3cc(C)ccc3nc3ccc(C)cc23)cc1. The molecule has 0 unspecified atom stereocenters. The maximum absolute atomic E-state index is 4.99. The highest BCUT2D eigenvalue weighted by Crippen LogP contribution is 2.43. The van der Waals surface area contributed by atoms with Crippen LogP contribution in [0.2, 0.25) is 0 Å². The molecule has 152 valence electrons. The summed E-state index contributed by atoms with van der Waals surface area (Å²) in [5.41, 5.74) is 10.5. The second-order valence-electron chi connectivity index (χ2n) is 8.51. The lowest BCUT2D eigenvalue weighted by molar-refractivity contribution is 1.28. The summed E-state index contributed by atoms with van der Waals surface area (Å²) in [7, 11) is 0. The number of aryl methyl sites for hydroxylation is 4. The van der Waals surface area contributed by atoms with Crippen LogP contribution in [0.3, 0.4) is 0 Å². The zero-order valence-electron chi connectivity index (χ0n) is 18.5. The lowest BCUT2D eigenvalue weighted by atomic mass is 10.0. The minimum Gasteiger partial charge on any atom is -0.309 e. The molecule has 4 aromatic carbocycles. The highest BCUT2D eigenvalue weighted by molar-refractivity contribution is 6.11. The summed E-state index contributed by atoms with van der Waals surface area (Å²) in [5, 5.41) is 2.33. The van der Waals surface area contributed by atoms with E-state index in [9.17, 15) is 0 Å². The Morgan fingerprint density at radius 1 is 0.484 bits per heavy atom. The molecule has 0 radical (unpaired) electrons. The topological polar surface area (TPSA) is 16.1 Å². The third-order valence-electron chi connectivity index (χ3n) is 5.86. The van der Waals surface area contributed by atoms with Gasteiger partial charge in [0.2, 0.25) is 0 Å². The molecule has 0 bridgehead atoms. The van der Waals surface area contributed by atoms with Crippen LogP contribution in [0.25, 0.3) is 21.8 Å². The third-order valence-corrected chi connectivity index (χ3v) is 5.86. The lowest BCUT2D eigenvalue weighted by Crippen LogP contribution is -2.12. The summed E-state index contributed by atoms with van der Waals surface area (Å²) in [6, 6.07) is 30.6. The van der Waals surface area contributed by atoms with E-state index in [4.69, 9.17) is 4.98 Å². The Morgan fingerprint density at radius 3 is 1.29 bits per heavy atom. The van der Waals surface area contributed by atoms with Gasteiger partial charge in [0.15, 0.2) is 0 Å². The van der Waals surface area contributed by atoms with Crippen molar-refractivity contribution < 1.29 is 0 Å². The van der Waals surface area contributed by atoms with Crippen molar-refractivity contribution in [2.75, 3.05) is 4.90 Å². The van der Waals surface area contributed by atoms with Crippen molar-refractivity contribution in [1.29, 1.82) is 0 Å². The normalized spacial score (nSPS) is 11.2. The van der Waals surface area contributed by atoms with E-state index in [2.05, 4.69) is 118 Å². The van der Waals surface area contributed by atoms with Gasteiger partial charge in [-0.3, -0.25) is 0 Å². The van der Waals surface area contributed by atoms with Gasteiger partial charge in [0.25, 0.3) is 0 Å². The number of pyridine rings is 1. The molecule has 0 saturated heterocycles. The number of benzene rings is 4. The molecular weight excluding hydrogens is 376 g/mol. The molecule has 0 aliphatic heterocycles. The zero-order valence-corrected chi connectivity index (χ0v) is 18.5. The first-order valence-corrected chi connectivity index (χ1v) is 10.7. The minimum atomic E-state index is 1.01. The van der Waals surface area contributed by atoms with Crippen LogP contribution in [-0.4, -0.2) is 4.98 Å². The molecule has 0 amide bonds. The van der Waals surface area contributed by atoms with Gasteiger partial charge in [0.1, 0.15) is 0 Å². The molecule has 0 N–H and O–H groups in total. The summed E-state index contributed by atoms with van der Waals surface area (Å²) < 4.78 is 0. The van der Waals surface area contributed by atoms with Crippen LogP contribution in [-0.2, 0) is 0 Å². The van der Waals surface area contributed by atoms with Crippen molar-refractivity contribution in [2.24, 2.45) is 0 Å². The van der Waals surface area contributed by atoms with Gasteiger partial charge in [-0.2, -0.15) is 0 Å². The van der Waals surface area contributed by atoms with Gasteiger partial charge in [-0.05, 0) is 76.2 Å². The summed E-state index contributed by atoms with van der Waals surface area (Å²) >= 11 is 0. The Hall–Kier alpha value is -3.65. The van der Waals surface area contributed by atoms with E-state index in [0.29, 0.717) is 0 Å². The predicted molar refractivity (Wildman–Crippen MR) is 133 cm³/mol. The first kappa shape index (κ1) is 19.3. The predicted octanol–water partition coefficient (Wildman–Crippen LogP) is 8.09. The fraction of sp³-hybridized carbons (Fsp3) is 0.138. The maximum atomic E-state index is 4.99. The molecule has 0 spiro atoms. The number of aromatic nitrogens is 1. The molecule has 31 heavy (non-hydrogen) atoms. The Balaban J connectivity index is 1.93. The van der Waals surface area contributed by atoms with Crippen LogP contribution in [0.5, 0.6) is 0 Å². The van der Waals surface area contributed by atoms with E-state index in [1.54, 1.807) is 0 Å². The molecule has 0 aliphatic rings. The standard InChI is InChI=1S/C29H26N2/c1-19-5-11-23(12-6-19)31(24-13-7-20(2)8-14-24)29-25-17-21(3)9-15-27(25)30-28-16-10-22(4)18-26(28)29/h5-18H,1-4H3. The van der Waals surface area contributed by atoms with Gasteiger partial charge in [-0.1, -0.05) is 58.7 Å².